The molecule has 0 amide bonds. The maximum atomic E-state index is 13.6. The van der Waals surface area contributed by atoms with Crippen LogP contribution in [0.2, 0.25) is 5.02 Å². The average Bonchev–Trinajstić information content (AvgIpc) is 3.28. The highest BCUT2D eigenvalue weighted by atomic mass is 35.5. The van der Waals surface area contributed by atoms with Crippen molar-refractivity contribution in [1.82, 2.24) is 0 Å². The van der Waals surface area contributed by atoms with E-state index in [1.54, 1.807) is 30.3 Å². The summed E-state index contributed by atoms with van der Waals surface area (Å²) in [6, 6.07) is 19.1. The van der Waals surface area contributed by atoms with E-state index in [4.69, 9.17) is 11.6 Å². The van der Waals surface area contributed by atoms with Gasteiger partial charge in [-0.1, -0.05) is 54.1 Å². The molecular weight excluding hydrogens is 526 g/mol. The second-order valence-corrected chi connectivity index (χ2v) is 9.41. The van der Waals surface area contributed by atoms with E-state index in [2.05, 4.69) is 5.10 Å². The van der Waals surface area contributed by atoms with Gasteiger partial charge in [0.25, 0.3) is 5.60 Å². The first-order chi connectivity index (χ1) is 16.9. The quantitative estimate of drug-likeness (QED) is 0.262. The summed E-state index contributed by atoms with van der Waals surface area (Å²) in [6.45, 7) is 0. The molecule has 190 valence electrons. The molecule has 0 radical (unpaired) electrons. The topological polar surface area (TPSA) is 35.8 Å². The number of rotatable bonds is 5. The number of hydrazone groups is 1. The summed E-state index contributed by atoms with van der Waals surface area (Å²) in [4.78, 5) is 0.980. The zero-order valence-electron chi connectivity index (χ0n) is 18.6. The summed E-state index contributed by atoms with van der Waals surface area (Å²) in [5.74, 6) is 0. The predicted molar refractivity (Wildman–Crippen MR) is 129 cm³/mol. The Morgan fingerprint density at radius 1 is 0.889 bits per heavy atom. The lowest BCUT2D eigenvalue weighted by Gasteiger charge is -2.32. The molecule has 0 bridgehead atoms. The first-order valence-electron chi connectivity index (χ1n) is 10.6. The highest BCUT2D eigenvalue weighted by molar-refractivity contribution is 7.98. The second-order valence-electron chi connectivity index (χ2n) is 8.12. The molecule has 0 aromatic heterocycles. The van der Waals surface area contributed by atoms with Crippen LogP contribution in [0.5, 0.6) is 0 Å². The van der Waals surface area contributed by atoms with Gasteiger partial charge >= 0.3 is 12.4 Å². The molecule has 0 saturated carbocycles. The SMILES string of the molecule is CSc1cccc(-c2cccc(N3N=C(C(O)(C(F)(F)F)C(F)(F)F)CC3c3ccccc3Cl)c2)c1. The van der Waals surface area contributed by atoms with Crippen molar-refractivity contribution in [3.05, 3.63) is 83.4 Å². The van der Waals surface area contributed by atoms with Gasteiger partial charge in [0.15, 0.2) is 0 Å². The van der Waals surface area contributed by atoms with Crippen molar-refractivity contribution in [1.29, 1.82) is 0 Å². The summed E-state index contributed by atoms with van der Waals surface area (Å²) >= 11 is 7.80. The molecule has 36 heavy (non-hydrogen) atoms. The fourth-order valence-electron chi connectivity index (χ4n) is 4.07. The maximum Gasteiger partial charge on any atom is 0.431 e. The summed E-state index contributed by atoms with van der Waals surface area (Å²) in [6.07, 6.45) is -11.0. The smallest absolute Gasteiger partial charge is 0.369 e. The molecule has 0 saturated heterocycles. The molecule has 1 aliphatic rings. The molecule has 1 aliphatic heterocycles. The highest BCUT2D eigenvalue weighted by Gasteiger charge is 2.74. The lowest BCUT2D eigenvalue weighted by molar-refractivity contribution is -0.338. The van der Waals surface area contributed by atoms with Gasteiger partial charge in [-0.15, -0.1) is 11.8 Å². The molecule has 0 spiro atoms. The van der Waals surface area contributed by atoms with Gasteiger partial charge in [0.05, 0.1) is 17.4 Å². The molecule has 3 aromatic carbocycles. The van der Waals surface area contributed by atoms with E-state index in [0.717, 1.165) is 15.5 Å². The van der Waals surface area contributed by atoms with Crippen LogP contribution >= 0.6 is 23.4 Å². The molecular formula is C25H19ClF6N2OS. The molecule has 1 atom stereocenters. The van der Waals surface area contributed by atoms with E-state index < -0.39 is 36.1 Å². The van der Waals surface area contributed by atoms with Gasteiger partial charge in [-0.05, 0) is 53.3 Å². The molecule has 3 aromatic rings. The largest absolute Gasteiger partial charge is 0.431 e. The van der Waals surface area contributed by atoms with Gasteiger partial charge in [0.1, 0.15) is 0 Å². The van der Waals surface area contributed by atoms with Gasteiger partial charge in [0.2, 0.25) is 0 Å². The van der Waals surface area contributed by atoms with Gasteiger partial charge in [-0.3, -0.25) is 5.01 Å². The molecule has 4 rings (SSSR count). The van der Waals surface area contributed by atoms with Crippen molar-refractivity contribution in [3.8, 4) is 11.1 Å². The van der Waals surface area contributed by atoms with Gasteiger partial charge < -0.3 is 5.11 Å². The van der Waals surface area contributed by atoms with Crippen LogP contribution < -0.4 is 5.01 Å². The maximum absolute atomic E-state index is 13.6. The Morgan fingerprint density at radius 3 is 2.11 bits per heavy atom. The lowest BCUT2D eigenvalue weighted by Crippen LogP contribution is -2.62. The summed E-state index contributed by atoms with van der Waals surface area (Å²) in [5.41, 5.74) is -4.55. The average molecular weight is 545 g/mol. The van der Waals surface area contributed by atoms with Crippen LogP contribution in [0.1, 0.15) is 18.0 Å². The fourth-order valence-corrected chi connectivity index (χ4v) is 4.79. The Hall–Kier alpha value is -2.69. The number of aliphatic hydroxyl groups is 1. The molecule has 0 fully saturated rings. The first-order valence-corrected chi connectivity index (χ1v) is 12.2. The number of hydrogen-bond acceptors (Lipinski definition) is 4. The van der Waals surface area contributed by atoms with Crippen LogP contribution in [0, 0.1) is 0 Å². The summed E-state index contributed by atoms with van der Waals surface area (Å²) < 4.78 is 81.9. The lowest BCUT2D eigenvalue weighted by atomic mass is 9.90. The molecule has 1 N–H and O–H groups in total. The highest BCUT2D eigenvalue weighted by Crippen LogP contribution is 2.49. The minimum Gasteiger partial charge on any atom is -0.369 e. The zero-order chi connectivity index (χ0) is 26.3. The monoisotopic (exact) mass is 544 g/mol. The normalized spacial score (nSPS) is 16.9. The Balaban J connectivity index is 1.86. The van der Waals surface area contributed by atoms with Crippen molar-refractivity contribution in [2.45, 2.75) is 35.3 Å². The molecule has 3 nitrogen and oxygen atoms in total. The van der Waals surface area contributed by atoms with E-state index in [-0.39, 0.29) is 16.3 Å². The van der Waals surface area contributed by atoms with E-state index in [1.807, 2.05) is 30.5 Å². The Bertz CT molecular complexity index is 1280. The molecule has 11 heteroatoms. The number of halogens is 7. The predicted octanol–water partition coefficient (Wildman–Crippen LogP) is 7.89. The summed E-state index contributed by atoms with van der Waals surface area (Å²) in [7, 11) is 0. The van der Waals surface area contributed by atoms with Crippen LogP contribution in [0.15, 0.2) is 82.8 Å². The third-order valence-electron chi connectivity index (χ3n) is 5.93. The number of nitrogens with zero attached hydrogens (tertiary/aromatic N) is 2. The van der Waals surface area contributed by atoms with Crippen LogP contribution in [0.3, 0.4) is 0 Å². The van der Waals surface area contributed by atoms with Gasteiger partial charge in [-0.2, -0.15) is 31.4 Å². The molecule has 1 unspecified atom stereocenters. The standard InChI is InChI=1S/C25H19ClF6N2OS/c1-36-18-9-5-7-16(13-18)15-6-4-8-17(12-15)34-21(19-10-2-3-11-20(19)26)14-22(33-34)23(35,24(27,28)29)25(30,31)32/h2-13,21,35H,14H2,1H3. The number of hydrogen-bond donors (Lipinski definition) is 1. The third-order valence-corrected chi connectivity index (χ3v) is 7.00. The summed E-state index contributed by atoms with van der Waals surface area (Å²) in [5, 5.41) is 15.0. The van der Waals surface area contributed by atoms with E-state index in [1.165, 1.54) is 30.0 Å². The van der Waals surface area contributed by atoms with Crippen molar-refractivity contribution < 1.29 is 31.4 Å². The minimum atomic E-state index is -6.04. The Kier molecular flexibility index (Phi) is 7.07. The van der Waals surface area contributed by atoms with Crippen LogP contribution in [0.4, 0.5) is 32.0 Å². The van der Waals surface area contributed by atoms with Crippen molar-refractivity contribution in [3.63, 3.8) is 0 Å². The minimum absolute atomic E-state index is 0.148. The van der Waals surface area contributed by atoms with Crippen LogP contribution in [0.25, 0.3) is 11.1 Å². The van der Waals surface area contributed by atoms with E-state index in [0.29, 0.717) is 5.56 Å². The second kappa shape index (κ2) is 9.64. The third kappa shape index (κ3) is 4.69. The van der Waals surface area contributed by atoms with Crippen LogP contribution in [-0.4, -0.2) is 35.0 Å². The number of benzene rings is 3. The van der Waals surface area contributed by atoms with Gasteiger partial charge in [-0.25, -0.2) is 0 Å². The van der Waals surface area contributed by atoms with Crippen molar-refractivity contribution in [2.75, 3.05) is 11.3 Å². The van der Waals surface area contributed by atoms with E-state index in [9.17, 15) is 31.4 Å². The zero-order valence-corrected chi connectivity index (χ0v) is 20.2. The number of alkyl halides is 6. The van der Waals surface area contributed by atoms with Crippen molar-refractivity contribution in [2.24, 2.45) is 5.10 Å². The first kappa shape index (κ1) is 26.4. The van der Waals surface area contributed by atoms with E-state index >= 15 is 0 Å². The fraction of sp³-hybridized carbons (Fsp3) is 0.240. The molecule has 0 aliphatic carbocycles. The number of thioether (sulfide) groups is 1. The Morgan fingerprint density at radius 2 is 1.50 bits per heavy atom. The van der Waals surface area contributed by atoms with Crippen LogP contribution in [-0.2, 0) is 0 Å². The number of anilines is 1. The molecule has 1 heterocycles. The van der Waals surface area contributed by atoms with Gasteiger partial charge in [0, 0.05) is 16.3 Å². The Labute approximate surface area is 212 Å². The van der Waals surface area contributed by atoms with Crippen molar-refractivity contribution >= 4 is 34.8 Å².